The Hall–Kier alpha value is -4.68. The lowest BCUT2D eigenvalue weighted by molar-refractivity contribution is -0.163. The maximum absolute atomic E-state index is 13.8. The van der Waals surface area contributed by atoms with Crippen molar-refractivity contribution in [2.75, 3.05) is 39.4 Å². The van der Waals surface area contributed by atoms with Crippen molar-refractivity contribution in [2.45, 2.75) is 93.6 Å². The summed E-state index contributed by atoms with van der Waals surface area (Å²) in [5.41, 5.74) is -5.06. The van der Waals surface area contributed by atoms with Crippen molar-refractivity contribution in [3.8, 4) is 0 Å². The van der Waals surface area contributed by atoms with Gasteiger partial charge in [0, 0.05) is 38.8 Å². The van der Waals surface area contributed by atoms with Gasteiger partial charge in [0.25, 0.3) is 5.56 Å². The molecule has 1 aromatic heterocycles. The van der Waals surface area contributed by atoms with E-state index in [-0.39, 0.29) is 39.6 Å². The molecular weight excluding hydrogens is 933 g/mol. The molecule has 1 aliphatic heterocycles. The number of hydrogen-bond acceptors (Lipinski definition) is 15. The van der Waals surface area contributed by atoms with Crippen molar-refractivity contribution in [3.05, 3.63) is 97.2 Å². The maximum atomic E-state index is 13.8. The first-order valence-electron chi connectivity index (χ1n) is 20.1. The van der Waals surface area contributed by atoms with Crippen LogP contribution in [0.4, 0.5) is 0 Å². The molecular formula is C41H51BrN4O15S2. The SMILES string of the molecule is CCCN(CCC)S(=O)(=O)c1ccc(C(=O)OCC(=O)C(O)[C@H]2O[C@@H](n3cc(/C=C/Br)c(=O)[nH]c3=O)C[C@@]2(O)C(=O)COC(=O)c2ccc(S(=O)(=O)N(CCC)CCC)cc2)cc1. The van der Waals surface area contributed by atoms with Gasteiger partial charge in [-0.2, -0.15) is 8.61 Å². The zero-order valence-corrected chi connectivity index (χ0v) is 38.3. The van der Waals surface area contributed by atoms with Gasteiger partial charge in [-0.3, -0.25) is 23.9 Å². The van der Waals surface area contributed by atoms with Crippen LogP contribution >= 0.6 is 15.9 Å². The molecule has 22 heteroatoms. The zero-order valence-electron chi connectivity index (χ0n) is 35.1. The minimum Gasteiger partial charge on any atom is -0.454 e. The highest BCUT2D eigenvalue weighted by molar-refractivity contribution is 9.11. The van der Waals surface area contributed by atoms with Gasteiger partial charge in [-0.1, -0.05) is 43.6 Å². The van der Waals surface area contributed by atoms with E-state index >= 15 is 0 Å². The first kappa shape index (κ1) is 51.0. The lowest BCUT2D eigenvalue weighted by Gasteiger charge is -2.29. The Balaban J connectivity index is 1.54. The van der Waals surface area contributed by atoms with Crippen molar-refractivity contribution < 1.29 is 60.4 Å². The second-order valence-corrected chi connectivity index (χ2v) is 18.9. The number of nitrogens with zero attached hydrogens (tertiary/aromatic N) is 3. The number of aromatic amines is 1. The number of ketones is 2. The molecule has 4 atom stereocenters. The largest absolute Gasteiger partial charge is 0.454 e. The molecule has 1 unspecified atom stereocenters. The lowest BCUT2D eigenvalue weighted by Crippen LogP contribution is -2.55. The predicted molar refractivity (Wildman–Crippen MR) is 231 cm³/mol. The Morgan fingerprint density at radius 3 is 1.70 bits per heavy atom. The number of esters is 2. The van der Waals surface area contributed by atoms with E-state index in [9.17, 15) is 55.8 Å². The van der Waals surface area contributed by atoms with E-state index in [1.165, 1.54) is 68.2 Å². The average Bonchev–Trinajstić information content (AvgIpc) is 3.62. The Morgan fingerprint density at radius 2 is 1.27 bits per heavy atom. The number of H-pyrrole nitrogens is 1. The van der Waals surface area contributed by atoms with Crippen molar-refractivity contribution in [1.82, 2.24) is 18.2 Å². The molecule has 0 aliphatic carbocycles. The third-order valence-electron chi connectivity index (χ3n) is 9.94. The summed E-state index contributed by atoms with van der Waals surface area (Å²) in [4.78, 5) is 81.6. The van der Waals surface area contributed by atoms with E-state index in [4.69, 9.17) is 14.2 Å². The van der Waals surface area contributed by atoms with Crippen LogP contribution in [0.15, 0.2) is 79.1 Å². The van der Waals surface area contributed by atoms with E-state index < -0.39 is 98.5 Å². The average molecular weight is 984 g/mol. The highest BCUT2D eigenvalue weighted by atomic mass is 79.9. The number of rotatable bonds is 23. The number of benzene rings is 2. The molecule has 3 aromatic rings. The second-order valence-electron chi connectivity index (χ2n) is 14.5. The summed E-state index contributed by atoms with van der Waals surface area (Å²) in [6, 6.07) is 9.54. The highest BCUT2D eigenvalue weighted by Gasteiger charge is 2.57. The predicted octanol–water partition coefficient (Wildman–Crippen LogP) is 2.76. The fourth-order valence-corrected chi connectivity index (χ4v) is 10.3. The summed E-state index contributed by atoms with van der Waals surface area (Å²) >= 11 is 3.03. The van der Waals surface area contributed by atoms with Crippen LogP contribution in [-0.4, -0.2) is 126 Å². The Kier molecular flexibility index (Phi) is 18.0. The van der Waals surface area contributed by atoms with Crippen LogP contribution in [0.2, 0.25) is 0 Å². The van der Waals surface area contributed by atoms with Crippen LogP contribution in [0.5, 0.6) is 0 Å². The van der Waals surface area contributed by atoms with Crippen LogP contribution < -0.4 is 11.2 Å². The third-order valence-corrected chi connectivity index (χ3v) is 14.0. The number of ether oxygens (including phenoxy) is 3. The van der Waals surface area contributed by atoms with Crippen LogP contribution in [-0.2, 0) is 43.8 Å². The number of carbonyl (C=O) groups excluding carboxylic acids is 4. The molecule has 63 heavy (non-hydrogen) atoms. The van der Waals surface area contributed by atoms with Crippen molar-refractivity contribution in [3.63, 3.8) is 0 Å². The smallest absolute Gasteiger partial charge is 0.338 e. The van der Waals surface area contributed by atoms with Crippen molar-refractivity contribution >= 4 is 65.6 Å². The molecule has 0 radical (unpaired) electrons. The van der Waals surface area contributed by atoms with Gasteiger partial charge in [-0.25, -0.2) is 31.2 Å². The number of Topliss-reactive ketones (excluding diaryl/α,β-unsaturated/α-hetero) is 2. The summed E-state index contributed by atoms with van der Waals surface area (Å²) in [6.07, 6.45) is -2.34. The molecule has 0 amide bonds. The number of aromatic nitrogens is 2. The van der Waals surface area contributed by atoms with Crippen molar-refractivity contribution in [2.24, 2.45) is 0 Å². The molecule has 1 saturated heterocycles. The minimum absolute atomic E-state index is 0.0713. The standard InChI is InChI=1S/C41H51BrN4O15S2/c1-5-19-44(20-6-2)62(55,56)30-13-9-27(10-14-30)38(51)59-25-32(47)35(49)36-41(54,23-34(61-36)46-24-29(17-18-42)37(50)43-40(46)53)33(48)26-60-39(52)28-11-15-31(16-12-28)63(57,58)45(21-7-3)22-8-4/h9-18,24,34-36,49,54H,5-8,19-23,25-26H2,1-4H3,(H,43,50,53)/b18-17+/t34-,35?,36-,41-/m1/s1. The van der Waals surface area contributed by atoms with Crippen LogP contribution in [0, 0.1) is 0 Å². The summed E-state index contributed by atoms with van der Waals surface area (Å²) in [7, 11) is -7.75. The maximum Gasteiger partial charge on any atom is 0.338 e. The van der Waals surface area contributed by atoms with Gasteiger partial charge in [0.05, 0.1) is 26.5 Å². The van der Waals surface area contributed by atoms with Crippen LogP contribution in [0.25, 0.3) is 6.08 Å². The first-order valence-corrected chi connectivity index (χ1v) is 23.9. The van der Waals surface area contributed by atoms with Crippen LogP contribution in [0.1, 0.15) is 92.3 Å². The fourth-order valence-electron chi connectivity index (χ4n) is 6.73. The van der Waals surface area contributed by atoms with Gasteiger partial charge < -0.3 is 24.4 Å². The quantitative estimate of drug-likeness (QED) is 0.115. The summed E-state index contributed by atoms with van der Waals surface area (Å²) in [6.45, 7) is 6.24. The van der Waals surface area contributed by atoms with Crippen molar-refractivity contribution in [1.29, 1.82) is 0 Å². The third kappa shape index (κ3) is 11.9. The zero-order chi connectivity index (χ0) is 46.7. The van der Waals surface area contributed by atoms with E-state index in [1.54, 1.807) is 0 Å². The minimum atomic E-state index is -3.88. The number of aliphatic hydroxyl groups excluding tert-OH is 1. The highest BCUT2D eigenvalue weighted by Crippen LogP contribution is 2.39. The van der Waals surface area contributed by atoms with Gasteiger partial charge in [-0.15, -0.1) is 0 Å². The summed E-state index contributed by atoms with van der Waals surface area (Å²) < 4.78 is 72.1. The number of halogens is 1. The first-order chi connectivity index (χ1) is 29.8. The number of carbonyl (C=O) groups is 4. The topological polar surface area (TPSA) is 266 Å². The molecule has 2 heterocycles. The second kappa shape index (κ2) is 22.3. The van der Waals surface area contributed by atoms with Crippen LogP contribution in [0.3, 0.4) is 0 Å². The number of aliphatic hydroxyl groups is 2. The normalized spacial score (nSPS) is 18.5. The number of hydrogen-bond donors (Lipinski definition) is 3. The summed E-state index contributed by atoms with van der Waals surface area (Å²) in [5, 5.41) is 23.1. The van der Waals surface area contributed by atoms with Gasteiger partial charge >= 0.3 is 17.6 Å². The lowest BCUT2D eigenvalue weighted by atomic mass is 9.86. The van der Waals surface area contributed by atoms with E-state index in [1.807, 2.05) is 27.7 Å². The molecule has 1 fully saturated rings. The van der Waals surface area contributed by atoms with E-state index in [2.05, 4.69) is 20.9 Å². The van der Waals surface area contributed by atoms with E-state index in [0.29, 0.717) is 38.8 Å². The molecule has 344 valence electrons. The molecule has 1 aliphatic rings. The number of nitrogens with one attached hydrogen (secondary N) is 1. The van der Waals surface area contributed by atoms with Gasteiger partial charge in [0.2, 0.25) is 31.6 Å². The molecule has 19 nitrogen and oxygen atoms in total. The van der Waals surface area contributed by atoms with E-state index in [0.717, 1.165) is 10.8 Å². The number of sulfonamides is 2. The Bertz CT molecular complexity index is 2480. The Labute approximate surface area is 372 Å². The molecule has 4 rings (SSSR count). The fraction of sp³-hybridized carbons (Fsp3) is 0.463. The van der Waals surface area contributed by atoms with Gasteiger partial charge in [-0.05, 0) is 85.3 Å². The molecule has 3 N–H and O–H groups in total. The Morgan fingerprint density at radius 1 is 0.825 bits per heavy atom. The summed E-state index contributed by atoms with van der Waals surface area (Å²) in [5.74, 6) is -4.74. The monoisotopic (exact) mass is 982 g/mol. The van der Waals surface area contributed by atoms with Gasteiger partial charge in [0.15, 0.2) is 18.8 Å². The molecule has 2 aromatic carbocycles. The molecule has 0 saturated carbocycles. The van der Waals surface area contributed by atoms with Gasteiger partial charge in [0.1, 0.15) is 18.4 Å². The molecule has 0 bridgehead atoms. The molecule has 0 spiro atoms.